The molecule has 27 heavy (non-hydrogen) atoms. The van der Waals surface area contributed by atoms with Crippen LogP contribution in [0, 0.1) is 11.6 Å². The van der Waals surface area contributed by atoms with Crippen molar-refractivity contribution in [2.24, 2.45) is 0 Å². The van der Waals surface area contributed by atoms with Gasteiger partial charge >= 0.3 is 0 Å². The van der Waals surface area contributed by atoms with E-state index in [1.54, 1.807) is 0 Å². The average molecular weight is 371 g/mol. The van der Waals surface area contributed by atoms with Crippen molar-refractivity contribution in [3.05, 3.63) is 82.7 Å². The first kappa shape index (κ1) is 18.2. The first-order valence-corrected chi connectivity index (χ1v) is 8.02. The Balaban J connectivity index is 1.74. The van der Waals surface area contributed by atoms with Crippen LogP contribution in [0.3, 0.4) is 0 Å². The van der Waals surface area contributed by atoms with E-state index in [1.807, 2.05) is 0 Å². The van der Waals surface area contributed by atoms with E-state index in [0.717, 1.165) is 4.68 Å². The summed E-state index contributed by atoms with van der Waals surface area (Å²) in [5, 5.41) is 6.63. The third kappa shape index (κ3) is 4.55. The third-order valence-corrected chi connectivity index (χ3v) is 3.63. The summed E-state index contributed by atoms with van der Waals surface area (Å²) >= 11 is 0. The third-order valence-electron chi connectivity index (χ3n) is 3.63. The van der Waals surface area contributed by atoms with Gasteiger partial charge in [0, 0.05) is 17.8 Å². The molecule has 0 bridgehead atoms. The second-order valence-electron chi connectivity index (χ2n) is 5.65. The number of anilines is 1. The van der Waals surface area contributed by atoms with Crippen LogP contribution in [0.2, 0.25) is 0 Å². The Labute approximate surface area is 153 Å². The quantitative estimate of drug-likeness (QED) is 0.749. The van der Waals surface area contributed by atoms with Gasteiger partial charge in [0.1, 0.15) is 11.6 Å². The predicted octanol–water partition coefficient (Wildman–Crippen LogP) is 2.92. The van der Waals surface area contributed by atoms with Gasteiger partial charge in [-0.25, -0.2) is 8.78 Å². The standard InChI is InChI=1S/C19H15F2N3O3/c1-12(19(26)22-15-6-2-13(20)3-7-15)27-17-10-11-18(25)24(23-17)16-8-4-14(21)5-9-16/h2-12H,1H3,(H,22,26)/t12-/m0/s1. The van der Waals surface area contributed by atoms with Gasteiger partial charge in [-0.2, -0.15) is 4.68 Å². The number of aromatic nitrogens is 2. The van der Waals surface area contributed by atoms with Crippen LogP contribution in [0.1, 0.15) is 6.92 Å². The molecule has 0 radical (unpaired) electrons. The van der Waals surface area contributed by atoms with Crippen molar-refractivity contribution >= 4 is 11.6 Å². The van der Waals surface area contributed by atoms with Crippen molar-refractivity contribution in [3.63, 3.8) is 0 Å². The van der Waals surface area contributed by atoms with Crippen molar-refractivity contribution in [2.75, 3.05) is 5.32 Å². The second-order valence-corrected chi connectivity index (χ2v) is 5.65. The summed E-state index contributed by atoms with van der Waals surface area (Å²) in [5.41, 5.74) is 0.341. The van der Waals surface area contributed by atoms with Crippen LogP contribution in [0.15, 0.2) is 65.5 Å². The SMILES string of the molecule is C[C@H](Oc1ccc(=O)n(-c2ccc(F)cc2)n1)C(=O)Nc1ccc(F)cc1. The van der Waals surface area contributed by atoms with Crippen molar-refractivity contribution in [1.82, 2.24) is 9.78 Å². The van der Waals surface area contributed by atoms with Crippen LogP contribution in [0.5, 0.6) is 5.88 Å². The Morgan fingerprint density at radius 1 is 1.00 bits per heavy atom. The summed E-state index contributed by atoms with van der Waals surface area (Å²) in [4.78, 5) is 24.2. The molecule has 2 aromatic carbocycles. The predicted molar refractivity (Wildman–Crippen MR) is 94.9 cm³/mol. The number of hydrogen-bond acceptors (Lipinski definition) is 4. The van der Waals surface area contributed by atoms with Gasteiger partial charge in [0.15, 0.2) is 6.10 Å². The number of rotatable bonds is 5. The Bertz CT molecular complexity index is 1000. The van der Waals surface area contributed by atoms with Crippen molar-refractivity contribution in [3.8, 4) is 11.6 Å². The molecular weight excluding hydrogens is 356 g/mol. The van der Waals surface area contributed by atoms with Crippen molar-refractivity contribution < 1.29 is 18.3 Å². The largest absolute Gasteiger partial charge is 0.463 e. The van der Waals surface area contributed by atoms with Crippen LogP contribution in [0.4, 0.5) is 14.5 Å². The fourth-order valence-corrected chi connectivity index (χ4v) is 2.24. The van der Waals surface area contributed by atoms with E-state index < -0.39 is 29.2 Å². The number of halogens is 2. The van der Waals surface area contributed by atoms with Gasteiger partial charge in [0.05, 0.1) is 5.69 Å². The number of carbonyl (C=O) groups is 1. The van der Waals surface area contributed by atoms with Gasteiger partial charge < -0.3 is 10.1 Å². The van der Waals surface area contributed by atoms with Gasteiger partial charge in [-0.3, -0.25) is 9.59 Å². The molecule has 3 aromatic rings. The number of ether oxygens (including phenoxy) is 1. The fourth-order valence-electron chi connectivity index (χ4n) is 2.24. The monoisotopic (exact) mass is 371 g/mol. The van der Waals surface area contributed by atoms with Crippen LogP contribution in [0.25, 0.3) is 5.69 Å². The fraction of sp³-hybridized carbons (Fsp3) is 0.105. The molecule has 0 aliphatic rings. The molecule has 1 aromatic heterocycles. The van der Waals surface area contributed by atoms with Crippen LogP contribution in [-0.2, 0) is 4.79 Å². The van der Waals surface area contributed by atoms with E-state index in [9.17, 15) is 18.4 Å². The molecule has 1 amide bonds. The zero-order valence-corrected chi connectivity index (χ0v) is 14.2. The summed E-state index contributed by atoms with van der Waals surface area (Å²) < 4.78 is 32.5. The minimum Gasteiger partial charge on any atom is -0.463 e. The molecule has 6 nitrogen and oxygen atoms in total. The minimum atomic E-state index is -0.929. The maximum absolute atomic E-state index is 13.0. The summed E-state index contributed by atoms with van der Waals surface area (Å²) in [5.74, 6) is -1.28. The number of nitrogens with one attached hydrogen (secondary N) is 1. The molecule has 1 heterocycles. The maximum atomic E-state index is 13.0. The van der Waals surface area contributed by atoms with Crippen molar-refractivity contribution in [1.29, 1.82) is 0 Å². The summed E-state index contributed by atoms with van der Waals surface area (Å²) in [7, 11) is 0. The van der Waals surface area contributed by atoms with Crippen LogP contribution >= 0.6 is 0 Å². The molecule has 1 atom stereocenters. The van der Waals surface area contributed by atoms with Gasteiger partial charge in [-0.1, -0.05) is 0 Å². The lowest BCUT2D eigenvalue weighted by molar-refractivity contribution is -0.122. The number of nitrogens with zero attached hydrogens (tertiary/aromatic N) is 2. The molecule has 0 unspecified atom stereocenters. The minimum absolute atomic E-state index is 0.0423. The summed E-state index contributed by atoms with van der Waals surface area (Å²) in [6, 6.07) is 13.1. The smallest absolute Gasteiger partial charge is 0.271 e. The molecular formula is C19H15F2N3O3. The number of amides is 1. The highest BCUT2D eigenvalue weighted by Crippen LogP contribution is 2.12. The Kier molecular flexibility index (Phi) is 5.25. The lowest BCUT2D eigenvalue weighted by Gasteiger charge is -2.15. The molecule has 3 rings (SSSR count). The molecule has 0 spiro atoms. The van der Waals surface area contributed by atoms with Gasteiger partial charge in [-0.05, 0) is 55.5 Å². The molecule has 0 fully saturated rings. The lowest BCUT2D eigenvalue weighted by Crippen LogP contribution is -2.31. The Morgan fingerprint density at radius 2 is 1.59 bits per heavy atom. The maximum Gasteiger partial charge on any atom is 0.271 e. The van der Waals surface area contributed by atoms with E-state index in [-0.39, 0.29) is 5.88 Å². The van der Waals surface area contributed by atoms with Gasteiger partial charge in [-0.15, -0.1) is 5.10 Å². The molecule has 1 N–H and O–H groups in total. The van der Waals surface area contributed by atoms with Crippen LogP contribution < -0.4 is 15.6 Å². The zero-order chi connectivity index (χ0) is 19.4. The first-order chi connectivity index (χ1) is 12.9. The summed E-state index contributed by atoms with van der Waals surface area (Å²) in [6.45, 7) is 1.51. The normalized spacial score (nSPS) is 11.7. The molecule has 0 saturated heterocycles. The highest BCUT2D eigenvalue weighted by Gasteiger charge is 2.16. The number of carbonyl (C=O) groups excluding carboxylic acids is 1. The molecule has 8 heteroatoms. The highest BCUT2D eigenvalue weighted by molar-refractivity contribution is 5.94. The van der Waals surface area contributed by atoms with Gasteiger partial charge in [0.2, 0.25) is 5.88 Å². The first-order valence-electron chi connectivity index (χ1n) is 8.02. The molecule has 0 aliphatic carbocycles. The van der Waals surface area contributed by atoms with Gasteiger partial charge in [0.25, 0.3) is 11.5 Å². The second kappa shape index (κ2) is 7.77. The van der Waals surface area contributed by atoms with E-state index in [0.29, 0.717) is 11.4 Å². The Morgan fingerprint density at radius 3 is 2.22 bits per heavy atom. The van der Waals surface area contributed by atoms with E-state index in [4.69, 9.17) is 4.74 Å². The molecule has 0 saturated carbocycles. The summed E-state index contributed by atoms with van der Waals surface area (Å²) in [6.07, 6.45) is -0.929. The average Bonchev–Trinajstić information content (AvgIpc) is 2.66. The number of benzene rings is 2. The Hall–Kier alpha value is -3.55. The van der Waals surface area contributed by atoms with E-state index in [1.165, 1.54) is 67.6 Å². The van der Waals surface area contributed by atoms with E-state index >= 15 is 0 Å². The highest BCUT2D eigenvalue weighted by atomic mass is 19.1. The van der Waals surface area contributed by atoms with Crippen molar-refractivity contribution in [2.45, 2.75) is 13.0 Å². The molecule has 138 valence electrons. The van der Waals surface area contributed by atoms with E-state index in [2.05, 4.69) is 10.4 Å². The number of hydrogen-bond donors (Lipinski definition) is 1. The lowest BCUT2D eigenvalue weighted by atomic mass is 10.3. The molecule has 0 aliphatic heterocycles. The van der Waals surface area contributed by atoms with Crippen LogP contribution in [-0.4, -0.2) is 21.8 Å². The zero-order valence-electron chi connectivity index (χ0n) is 14.2. The topological polar surface area (TPSA) is 73.2 Å².